The molecule has 1 fully saturated rings. The van der Waals surface area contributed by atoms with Crippen molar-refractivity contribution < 1.29 is 14.4 Å². The molecule has 1 aliphatic heterocycles. The molecule has 0 aliphatic carbocycles. The van der Waals surface area contributed by atoms with Crippen molar-refractivity contribution in [3.05, 3.63) is 36.2 Å². The number of aliphatic hydroxyl groups is 1. The molecule has 1 N–H and O–H groups in total. The first-order valence-electron chi connectivity index (χ1n) is 8.20. The molecule has 3 rings (SSSR count). The van der Waals surface area contributed by atoms with Crippen molar-refractivity contribution in [3.63, 3.8) is 0 Å². The molecule has 6 nitrogen and oxygen atoms in total. The predicted octanol–water partition coefficient (Wildman–Crippen LogP) is 2.27. The zero-order valence-corrected chi connectivity index (χ0v) is 13.2. The minimum absolute atomic E-state index is 0.0630. The normalized spacial score (nSPS) is 19.1. The number of hydrogen-bond donors (Lipinski definition) is 1. The summed E-state index contributed by atoms with van der Waals surface area (Å²) in [6, 6.07) is 10.0. The van der Waals surface area contributed by atoms with E-state index in [1.807, 2.05) is 30.3 Å². The number of rotatable bonds is 7. The molecule has 0 radical (unpaired) electrons. The number of aliphatic hydroxyl groups excluding tert-OH is 1. The molecule has 1 aromatic heterocycles. The van der Waals surface area contributed by atoms with E-state index in [2.05, 4.69) is 15.0 Å². The van der Waals surface area contributed by atoms with Crippen LogP contribution in [0.4, 0.5) is 0 Å². The van der Waals surface area contributed by atoms with E-state index in [9.17, 15) is 0 Å². The maximum atomic E-state index is 8.77. The number of ether oxygens (including phenoxy) is 1. The molecule has 2 aromatic rings. The van der Waals surface area contributed by atoms with E-state index < -0.39 is 0 Å². The quantitative estimate of drug-likeness (QED) is 0.790. The van der Waals surface area contributed by atoms with Crippen LogP contribution in [0.1, 0.15) is 31.2 Å². The highest BCUT2D eigenvalue weighted by atomic mass is 16.5. The van der Waals surface area contributed by atoms with E-state index in [0.717, 1.165) is 25.1 Å². The first-order chi connectivity index (χ1) is 11.4. The number of aromatic nitrogens is 2. The highest BCUT2D eigenvalue weighted by Gasteiger charge is 2.28. The summed E-state index contributed by atoms with van der Waals surface area (Å²) >= 11 is 0. The standard InChI is InChI=1S/C17H23N3O3/c21-11-13-22-12-10-20-9-5-4-8-15(20)17-18-16(19-23-17)14-6-2-1-3-7-14/h1-3,6-7,15,21H,4-5,8-13H2. The first-order valence-corrected chi connectivity index (χ1v) is 8.20. The van der Waals surface area contributed by atoms with Gasteiger partial charge in [-0.1, -0.05) is 41.9 Å². The Morgan fingerprint density at radius 3 is 2.91 bits per heavy atom. The summed E-state index contributed by atoms with van der Waals surface area (Å²) in [5.41, 5.74) is 0.969. The third-order valence-electron chi connectivity index (χ3n) is 4.13. The molecule has 0 spiro atoms. The molecule has 124 valence electrons. The van der Waals surface area contributed by atoms with Crippen LogP contribution in [-0.2, 0) is 4.74 Å². The number of benzene rings is 1. The predicted molar refractivity (Wildman–Crippen MR) is 85.8 cm³/mol. The number of hydrogen-bond acceptors (Lipinski definition) is 6. The molecular weight excluding hydrogens is 294 g/mol. The second-order valence-corrected chi connectivity index (χ2v) is 5.71. The van der Waals surface area contributed by atoms with Gasteiger partial charge in [0.15, 0.2) is 0 Å². The van der Waals surface area contributed by atoms with Crippen LogP contribution in [0.3, 0.4) is 0 Å². The topological polar surface area (TPSA) is 71.6 Å². The Kier molecular flexibility index (Phi) is 5.74. The zero-order chi connectivity index (χ0) is 15.9. The second kappa shape index (κ2) is 8.19. The Balaban J connectivity index is 1.67. The minimum Gasteiger partial charge on any atom is -0.394 e. The SMILES string of the molecule is OCCOCCN1CCCCC1c1nc(-c2ccccc2)no1. The third kappa shape index (κ3) is 4.16. The summed E-state index contributed by atoms with van der Waals surface area (Å²) in [6.45, 7) is 2.88. The van der Waals surface area contributed by atoms with Crippen LogP contribution < -0.4 is 0 Å². The van der Waals surface area contributed by atoms with Crippen molar-refractivity contribution in [2.75, 3.05) is 32.9 Å². The summed E-state index contributed by atoms with van der Waals surface area (Å²) < 4.78 is 10.9. The zero-order valence-electron chi connectivity index (χ0n) is 13.2. The van der Waals surface area contributed by atoms with E-state index in [4.69, 9.17) is 14.4 Å². The van der Waals surface area contributed by atoms with Crippen LogP contribution in [0, 0.1) is 0 Å². The summed E-state index contributed by atoms with van der Waals surface area (Å²) in [7, 11) is 0. The average Bonchev–Trinajstić information content (AvgIpc) is 3.10. The van der Waals surface area contributed by atoms with Crippen molar-refractivity contribution in [2.45, 2.75) is 25.3 Å². The van der Waals surface area contributed by atoms with Gasteiger partial charge in [-0.05, 0) is 19.4 Å². The smallest absolute Gasteiger partial charge is 0.244 e. The van der Waals surface area contributed by atoms with Gasteiger partial charge in [-0.25, -0.2) is 0 Å². The van der Waals surface area contributed by atoms with E-state index in [0.29, 0.717) is 24.9 Å². The Hall–Kier alpha value is -1.76. The molecule has 1 saturated heterocycles. The van der Waals surface area contributed by atoms with Crippen molar-refractivity contribution in [1.82, 2.24) is 15.0 Å². The Bertz CT molecular complexity index is 588. The van der Waals surface area contributed by atoms with Gasteiger partial charge in [0, 0.05) is 12.1 Å². The van der Waals surface area contributed by atoms with Gasteiger partial charge in [-0.2, -0.15) is 4.98 Å². The van der Waals surface area contributed by atoms with E-state index in [1.165, 1.54) is 12.8 Å². The van der Waals surface area contributed by atoms with Crippen LogP contribution in [0.15, 0.2) is 34.9 Å². The summed E-state index contributed by atoms with van der Waals surface area (Å²) in [5.74, 6) is 1.33. The fourth-order valence-corrected chi connectivity index (χ4v) is 2.96. The van der Waals surface area contributed by atoms with Crippen LogP contribution in [0.25, 0.3) is 11.4 Å². The van der Waals surface area contributed by atoms with Crippen LogP contribution >= 0.6 is 0 Å². The van der Waals surface area contributed by atoms with Gasteiger partial charge in [0.1, 0.15) is 0 Å². The highest BCUT2D eigenvalue weighted by molar-refractivity contribution is 5.53. The largest absolute Gasteiger partial charge is 0.394 e. The molecular formula is C17H23N3O3. The number of nitrogens with zero attached hydrogens (tertiary/aromatic N) is 3. The van der Waals surface area contributed by atoms with Gasteiger partial charge >= 0.3 is 0 Å². The molecule has 23 heavy (non-hydrogen) atoms. The number of likely N-dealkylation sites (tertiary alicyclic amines) is 1. The van der Waals surface area contributed by atoms with Crippen LogP contribution in [0.5, 0.6) is 0 Å². The molecule has 0 saturated carbocycles. The highest BCUT2D eigenvalue weighted by Crippen LogP contribution is 2.30. The molecule has 1 atom stereocenters. The van der Waals surface area contributed by atoms with Gasteiger partial charge in [0.05, 0.1) is 25.9 Å². The first kappa shape index (κ1) is 16.1. The van der Waals surface area contributed by atoms with Gasteiger partial charge < -0.3 is 14.4 Å². The summed E-state index contributed by atoms with van der Waals surface area (Å²) in [4.78, 5) is 6.94. The fourth-order valence-electron chi connectivity index (χ4n) is 2.96. The number of piperidine rings is 1. The van der Waals surface area contributed by atoms with Gasteiger partial charge in [-0.15, -0.1) is 0 Å². The lowest BCUT2D eigenvalue weighted by molar-refractivity contribution is 0.0459. The molecule has 6 heteroatoms. The van der Waals surface area contributed by atoms with Crippen molar-refractivity contribution >= 4 is 0 Å². The lowest BCUT2D eigenvalue weighted by Gasteiger charge is -2.33. The van der Waals surface area contributed by atoms with Crippen molar-refractivity contribution in [3.8, 4) is 11.4 Å². The third-order valence-corrected chi connectivity index (χ3v) is 4.13. The average molecular weight is 317 g/mol. The van der Waals surface area contributed by atoms with Gasteiger partial charge in [0.25, 0.3) is 0 Å². The molecule has 1 aromatic carbocycles. The Morgan fingerprint density at radius 1 is 1.22 bits per heavy atom. The van der Waals surface area contributed by atoms with Gasteiger partial charge in [-0.3, -0.25) is 4.90 Å². The maximum absolute atomic E-state index is 8.77. The van der Waals surface area contributed by atoms with E-state index in [1.54, 1.807) is 0 Å². The van der Waals surface area contributed by atoms with Crippen LogP contribution in [-0.4, -0.2) is 53.1 Å². The molecule has 2 heterocycles. The lowest BCUT2D eigenvalue weighted by Crippen LogP contribution is -2.36. The molecule has 1 aliphatic rings. The summed E-state index contributed by atoms with van der Waals surface area (Å²) in [6.07, 6.45) is 3.37. The Labute approximate surface area is 136 Å². The second-order valence-electron chi connectivity index (χ2n) is 5.71. The van der Waals surface area contributed by atoms with Crippen molar-refractivity contribution in [1.29, 1.82) is 0 Å². The summed E-state index contributed by atoms with van der Waals surface area (Å²) in [5, 5.41) is 12.9. The van der Waals surface area contributed by atoms with Gasteiger partial charge in [0.2, 0.25) is 11.7 Å². The molecule has 0 bridgehead atoms. The monoisotopic (exact) mass is 317 g/mol. The maximum Gasteiger partial charge on any atom is 0.244 e. The van der Waals surface area contributed by atoms with Crippen molar-refractivity contribution in [2.24, 2.45) is 0 Å². The van der Waals surface area contributed by atoms with E-state index >= 15 is 0 Å². The Morgan fingerprint density at radius 2 is 2.09 bits per heavy atom. The lowest BCUT2D eigenvalue weighted by atomic mass is 10.0. The van der Waals surface area contributed by atoms with Crippen LogP contribution in [0.2, 0.25) is 0 Å². The minimum atomic E-state index is 0.0630. The van der Waals surface area contributed by atoms with E-state index in [-0.39, 0.29) is 12.6 Å². The molecule has 1 unspecified atom stereocenters. The fraction of sp³-hybridized carbons (Fsp3) is 0.529. The molecule has 0 amide bonds.